The highest BCUT2D eigenvalue weighted by atomic mass is 16.5. The first-order chi connectivity index (χ1) is 12.9. The van der Waals surface area contributed by atoms with E-state index in [1.165, 1.54) is 7.11 Å². The topological polar surface area (TPSA) is 85.2 Å². The summed E-state index contributed by atoms with van der Waals surface area (Å²) >= 11 is 0. The van der Waals surface area contributed by atoms with Crippen LogP contribution in [0.5, 0.6) is 23.0 Å². The smallest absolute Gasteiger partial charge is 0.306 e. The predicted octanol–water partition coefficient (Wildman–Crippen LogP) is 3.47. The van der Waals surface area contributed by atoms with Crippen LogP contribution in [0.3, 0.4) is 0 Å². The van der Waals surface area contributed by atoms with Gasteiger partial charge in [0.15, 0.2) is 23.0 Å². The molecule has 0 heterocycles. The van der Waals surface area contributed by atoms with Crippen LogP contribution in [-0.4, -0.2) is 37.5 Å². The summed E-state index contributed by atoms with van der Waals surface area (Å²) in [5, 5.41) is 19.6. The van der Waals surface area contributed by atoms with Crippen LogP contribution in [0.1, 0.15) is 23.6 Å². The maximum absolute atomic E-state index is 11.1. The summed E-state index contributed by atoms with van der Waals surface area (Å²) in [6.07, 6.45) is 1.62. The Morgan fingerprint density at radius 3 is 2.15 bits per heavy atom. The molecular formula is C21H26O6. The van der Waals surface area contributed by atoms with E-state index in [2.05, 4.69) is 0 Å². The van der Waals surface area contributed by atoms with Crippen LogP contribution in [-0.2, 0) is 24.1 Å². The number of benzene rings is 2. The van der Waals surface area contributed by atoms with E-state index in [4.69, 9.17) is 19.3 Å². The summed E-state index contributed by atoms with van der Waals surface area (Å²) in [5.41, 5.74) is 2.58. The fraction of sp³-hybridized carbons (Fsp3) is 0.381. The van der Waals surface area contributed by atoms with Gasteiger partial charge in [-0.2, -0.15) is 0 Å². The molecule has 0 aliphatic rings. The molecule has 2 rings (SSSR count). The Hall–Kier alpha value is -2.89. The van der Waals surface area contributed by atoms with Crippen molar-refractivity contribution in [2.45, 2.75) is 26.2 Å². The lowest BCUT2D eigenvalue weighted by Gasteiger charge is -2.14. The second-order valence-corrected chi connectivity index (χ2v) is 6.44. The number of aromatic hydroxyl groups is 1. The van der Waals surface area contributed by atoms with Gasteiger partial charge in [0.1, 0.15) is 0 Å². The Morgan fingerprint density at radius 1 is 0.926 bits per heavy atom. The summed E-state index contributed by atoms with van der Waals surface area (Å²) < 4.78 is 15.8. The molecule has 0 saturated heterocycles. The van der Waals surface area contributed by atoms with Gasteiger partial charge in [-0.25, -0.2) is 0 Å². The molecule has 1 unspecified atom stereocenters. The van der Waals surface area contributed by atoms with Crippen LogP contribution in [0.15, 0.2) is 30.3 Å². The van der Waals surface area contributed by atoms with Gasteiger partial charge >= 0.3 is 5.97 Å². The SMILES string of the molecule is COc1ccc(CCc2cc(CC(C)C(=O)O)cc(OC)c2O)cc1OC. The normalized spacial score (nSPS) is 11.7. The van der Waals surface area contributed by atoms with Crippen molar-refractivity contribution in [1.29, 1.82) is 0 Å². The second kappa shape index (κ2) is 9.16. The van der Waals surface area contributed by atoms with Gasteiger partial charge in [0.2, 0.25) is 0 Å². The van der Waals surface area contributed by atoms with Crippen LogP contribution >= 0.6 is 0 Å². The number of hydrogen-bond donors (Lipinski definition) is 2. The van der Waals surface area contributed by atoms with Crippen molar-refractivity contribution in [3.63, 3.8) is 0 Å². The van der Waals surface area contributed by atoms with Gasteiger partial charge in [0.25, 0.3) is 0 Å². The minimum absolute atomic E-state index is 0.0877. The van der Waals surface area contributed by atoms with Crippen molar-refractivity contribution in [3.05, 3.63) is 47.0 Å². The molecule has 0 amide bonds. The van der Waals surface area contributed by atoms with Gasteiger partial charge in [-0.3, -0.25) is 4.79 Å². The summed E-state index contributed by atoms with van der Waals surface area (Å²) in [4.78, 5) is 11.1. The number of carboxylic acid groups (broad SMARTS) is 1. The zero-order chi connectivity index (χ0) is 20.0. The summed E-state index contributed by atoms with van der Waals surface area (Å²) in [5.74, 6) is 0.389. The van der Waals surface area contributed by atoms with Crippen LogP contribution in [0.2, 0.25) is 0 Å². The maximum atomic E-state index is 11.1. The Kier molecular flexibility index (Phi) is 6.93. The third kappa shape index (κ3) is 5.06. The molecule has 2 aromatic carbocycles. The summed E-state index contributed by atoms with van der Waals surface area (Å²) in [6.45, 7) is 1.66. The Bertz CT molecular complexity index is 799. The van der Waals surface area contributed by atoms with Crippen molar-refractivity contribution in [2.75, 3.05) is 21.3 Å². The molecule has 0 aromatic heterocycles. The summed E-state index contributed by atoms with van der Waals surface area (Å²) in [6, 6.07) is 9.24. The van der Waals surface area contributed by atoms with Crippen molar-refractivity contribution >= 4 is 5.97 Å². The molecule has 2 N–H and O–H groups in total. The van der Waals surface area contributed by atoms with Crippen LogP contribution in [0.4, 0.5) is 0 Å². The minimum Gasteiger partial charge on any atom is -0.504 e. The molecule has 146 valence electrons. The lowest BCUT2D eigenvalue weighted by atomic mass is 9.96. The quantitative estimate of drug-likeness (QED) is 0.699. The molecule has 27 heavy (non-hydrogen) atoms. The number of methoxy groups -OCH3 is 3. The van der Waals surface area contributed by atoms with Gasteiger partial charge in [-0.05, 0) is 54.2 Å². The Balaban J connectivity index is 2.23. The largest absolute Gasteiger partial charge is 0.504 e. The van der Waals surface area contributed by atoms with Crippen LogP contribution in [0, 0.1) is 5.92 Å². The molecule has 6 heteroatoms. The van der Waals surface area contributed by atoms with E-state index in [9.17, 15) is 9.90 Å². The fourth-order valence-corrected chi connectivity index (χ4v) is 2.95. The number of carboxylic acids is 1. The number of aliphatic carboxylic acids is 1. The van der Waals surface area contributed by atoms with Crippen molar-refractivity contribution in [1.82, 2.24) is 0 Å². The van der Waals surface area contributed by atoms with E-state index in [1.807, 2.05) is 24.3 Å². The molecule has 0 aliphatic carbocycles. The number of carbonyl (C=O) groups is 1. The van der Waals surface area contributed by atoms with E-state index in [0.717, 1.165) is 16.7 Å². The average molecular weight is 374 g/mol. The Labute approximate surface area is 159 Å². The van der Waals surface area contributed by atoms with Crippen molar-refractivity contribution in [3.8, 4) is 23.0 Å². The number of hydrogen-bond acceptors (Lipinski definition) is 5. The fourth-order valence-electron chi connectivity index (χ4n) is 2.95. The van der Waals surface area contributed by atoms with Crippen LogP contribution < -0.4 is 14.2 Å². The number of phenols is 1. The number of phenolic OH excluding ortho intramolecular Hbond substituents is 1. The molecule has 6 nitrogen and oxygen atoms in total. The molecule has 0 fully saturated rings. The maximum Gasteiger partial charge on any atom is 0.306 e. The van der Waals surface area contributed by atoms with E-state index < -0.39 is 11.9 Å². The zero-order valence-corrected chi connectivity index (χ0v) is 16.1. The van der Waals surface area contributed by atoms with E-state index in [-0.39, 0.29) is 5.75 Å². The van der Waals surface area contributed by atoms with Crippen molar-refractivity contribution < 1.29 is 29.2 Å². The lowest BCUT2D eigenvalue weighted by molar-refractivity contribution is -0.141. The Morgan fingerprint density at radius 2 is 1.56 bits per heavy atom. The monoisotopic (exact) mass is 374 g/mol. The third-order valence-corrected chi connectivity index (χ3v) is 4.53. The van der Waals surface area contributed by atoms with E-state index in [1.54, 1.807) is 27.2 Å². The third-order valence-electron chi connectivity index (χ3n) is 4.53. The van der Waals surface area contributed by atoms with E-state index >= 15 is 0 Å². The molecule has 0 bridgehead atoms. The minimum atomic E-state index is -0.853. The van der Waals surface area contributed by atoms with Crippen LogP contribution in [0.25, 0.3) is 0 Å². The molecule has 0 spiro atoms. The first kappa shape index (κ1) is 20.4. The highest BCUT2D eigenvalue weighted by Gasteiger charge is 2.16. The predicted molar refractivity (Wildman–Crippen MR) is 102 cm³/mol. The second-order valence-electron chi connectivity index (χ2n) is 6.44. The average Bonchev–Trinajstić information content (AvgIpc) is 2.67. The standard InChI is InChI=1S/C21H26O6/c1-13(21(23)24)9-15-10-16(20(22)19(12-15)27-4)7-5-14-6-8-17(25-2)18(11-14)26-3/h6,8,10-13,22H,5,7,9H2,1-4H3,(H,23,24). The molecular weight excluding hydrogens is 348 g/mol. The molecule has 0 radical (unpaired) electrons. The number of aryl methyl sites for hydroxylation is 2. The number of ether oxygens (including phenoxy) is 3. The molecule has 1 atom stereocenters. The highest BCUT2D eigenvalue weighted by Crippen LogP contribution is 2.34. The van der Waals surface area contributed by atoms with E-state index in [0.29, 0.717) is 36.5 Å². The molecule has 0 saturated carbocycles. The molecule has 2 aromatic rings. The zero-order valence-electron chi connectivity index (χ0n) is 16.1. The van der Waals surface area contributed by atoms with Gasteiger partial charge < -0.3 is 24.4 Å². The first-order valence-electron chi connectivity index (χ1n) is 8.72. The van der Waals surface area contributed by atoms with Crippen molar-refractivity contribution in [2.24, 2.45) is 5.92 Å². The molecule has 0 aliphatic heterocycles. The first-order valence-corrected chi connectivity index (χ1v) is 8.72. The van der Waals surface area contributed by atoms with Gasteiger partial charge in [-0.15, -0.1) is 0 Å². The lowest BCUT2D eigenvalue weighted by Crippen LogP contribution is -2.12. The van der Waals surface area contributed by atoms with Gasteiger partial charge in [0.05, 0.1) is 27.2 Å². The van der Waals surface area contributed by atoms with Gasteiger partial charge in [-0.1, -0.05) is 19.1 Å². The number of rotatable bonds is 9. The highest BCUT2D eigenvalue weighted by molar-refractivity contribution is 5.70. The van der Waals surface area contributed by atoms with Gasteiger partial charge in [0, 0.05) is 0 Å². The summed E-state index contributed by atoms with van der Waals surface area (Å²) in [7, 11) is 4.66.